The summed E-state index contributed by atoms with van der Waals surface area (Å²) in [5.41, 5.74) is 1.46. The molecule has 0 bridgehead atoms. The molecule has 0 spiro atoms. The maximum absolute atomic E-state index is 12.6. The van der Waals surface area contributed by atoms with E-state index in [1.54, 1.807) is 12.3 Å². The molecule has 1 amide bonds. The number of amides is 1. The standard InChI is InChI=1S/C21H20Cl2N2O3S/c22-14-3-4-16(17(23)10-14)21(5-8-27-9-6-21)13-24-19(26)11-15-12-29-20(25-15)18-2-1-7-28-18/h1-4,7,10,12H,5-6,8-9,11,13H2,(H,24,26). The first kappa shape index (κ1) is 20.4. The molecule has 0 saturated carbocycles. The number of nitrogens with zero attached hydrogens (tertiary/aromatic N) is 1. The van der Waals surface area contributed by atoms with Crippen molar-refractivity contribution in [1.82, 2.24) is 10.3 Å². The van der Waals surface area contributed by atoms with Crippen LogP contribution in [0.1, 0.15) is 24.1 Å². The number of furan rings is 1. The first-order valence-corrected chi connectivity index (χ1v) is 11.0. The number of nitrogens with one attached hydrogen (secondary N) is 1. The van der Waals surface area contributed by atoms with Crippen LogP contribution in [0.2, 0.25) is 10.0 Å². The minimum Gasteiger partial charge on any atom is -0.462 e. The Morgan fingerprint density at radius 3 is 2.79 bits per heavy atom. The number of hydrogen-bond donors (Lipinski definition) is 1. The summed E-state index contributed by atoms with van der Waals surface area (Å²) in [7, 11) is 0. The zero-order valence-electron chi connectivity index (χ0n) is 15.6. The molecule has 0 radical (unpaired) electrons. The maximum Gasteiger partial charge on any atom is 0.226 e. The van der Waals surface area contributed by atoms with Gasteiger partial charge in [-0.15, -0.1) is 11.3 Å². The minimum atomic E-state index is -0.267. The molecule has 3 aromatic rings. The van der Waals surface area contributed by atoms with Gasteiger partial charge in [0.25, 0.3) is 0 Å². The Morgan fingerprint density at radius 2 is 2.07 bits per heavy atom. The van der Waals surface area contributed by atoms with Crippen LogP contribution in [-0.2, 0) is 21.4 Å². The van der Waals surface area contributed by atoms with Gasteiger partial charge in [-0.05, 0) is 42.7 Å². The van der Waals surface area contributed by atoms with Crippen molar-refractivity contribution in [3.8, 4) is 10.8 Å². The van der Waals surface area contributed by atoms with Gasteiger partial charge < -0.3 is 14.5 Å². The van der Waals surface area contributed by atoms with Gasteiger partial charge in [-0.3, -0.25) is 4.79 Å². The predicted octanol–water partition coefficient (Wildman–Crippen LogP) is 5.12. The fraction of sp³-hybridized carbons (Fsp3) is 0.333. The van der Waals surface area contributed by atoms with Crippen LogP contribution in [0.4, 0.5) is 0 Å². The van der Waals surface area contributed by atoms with E-state index in [1.807, 2.05) is 29.6 Å². The third-order valence-corrected chi connectivity index (χ3v) is 6.66. The highest BCUT2D eigenvalue weighted by Gasteiger charge is 2.36. The molecule has 0 atom stereocenters. The van der Waals surface area contributed by atoms with Gasteiger partial charge >= 0.3 is 0 Å². The zero-order chi connectivity index (χ0) is 20.3. The molecule has 152 valence electrons. The van der Waals surface area contributed by atoms with Crippen LogP contribution in [0.3, 0.4) is 0 Å². The fourth-order valence-corrected chi connectivity index (χ4v) is 5.01. The van der Waals surface area contributed by atoms with Gasteiger partial charge in [0.2, 0.25) is 5.91 Å². The second kappa shape index (κ2) is 8.88. The maximum atomic E-state index is 12.6. The van der Waals surface area contributed by atoms with E-state index in [0.717, 1.165) is 29.1 Å². The molecule has 1 aliphatic heterocycles. The Hall–Kier alpha value is -1.86. The molecule has 1 aliphatic rings. The second-order valence-corrected chi connectivity index (χ2v) is 8.79. The number of carbonyl (C=O) groups excluding carboxylic acids is 1. The number of aromatic nitrogens is 1. The lowest BCUT2D eigenvalue weighted by Gasteiger charge is -2.38. The summed E-state index contributed by atoms with van der Waals surface area (Å²) in [4.78, 5) is 17.1. The smallest absolute Gasteiger partial charge is 0.226 e. The van der Waals surface area contributed by atoms with Gasteiger partial charge in [0.05, 0.1) is 18.4 Å². The van der Waals surface area contributed by atoms with Gasteiger partial charge in [-0.2, -0.15) is 0 Å². The normalized spacial score (nSPS) is 15.9. The van der Waals surface area contributed by atoms with Crippen molar-refractivity contribution in [1.29, 1.82) is 0 Å². The van der Waals surface area contributed by atoms with Crippen molar-refractivity contribution >= 4 is 40.4 Å². The number of rotatable bonds is 6. The Kier molecular flexibility index (Phi) is 6.25. The first-order chi connectivity index (χ1) is 14.1. The van der Waals surface area contributed by atoms with Gasteiger partial charge in [-0.25, -0.2) is 4.98 Å². The van der Waals surface area contributed by atoms with E-state index in [1.165, 1.54) is 11.3 Å². The van der Waals surface area contributed by atoms with Gasteiger partial charge in [0.15, 0.2) is 10.8 Å². The van der Waals surface area contributed by atoms with Crippen LogP contribution in [0.5, 0.6) is 0 Å². The van der Waals surface area contributed by atoms with Crippen LogP contribution in [0, 0.1) is 0 Å². The minimum absolute atomic E-state index is 0.0720. The molecule has 0 aliphatic carbocycles. The van der Waals surface area contributed by atoms with Gasteiger partial charge in [0.1, 0.15) is 0 Å². The topological polar surface area (TPSA) is 64.4 Å². The Labute approximate surface area is 183 Å². The first-order valence-electron chi connectivity index (χ1n) is 9.34. The predicted molar refractivity (Wildman–Crippen MR) is 115 cm³/mol. The average Bonchev–Trinajstić information content (AvgIpc) is 3.39. The van der Waals surface area contributed by atoms with Crippen molar-refractivity contribution in [2.75, 3.05) is 19.8 Å². The molecule has 8 heteroatoms. The van der Waals surface area contributed by atoms with E-state index in [4.69, 9.17) is 32.4 Å². The number of hydrogen-bond acceptors (Lipinski definition) is 5. The van der Waals surface area contributed by atoms with Crippen LogP contribution in [-0.4, -0.2) is 30.6 Å². The van der Waals surface area contributed by atoms with E-state index < -0.39 is 0 Å². The summed E-state index contributed by atoms with van der Waals surface area (Å²) in [5.74, 6) is 0.637. The van der Waals surface area contributed by atoms with E-state index in [0.29, 0.717) is 35.6 Å². The highest BCUT2D eigenvalue weighted by molar-refractivity contribution is 7.13. The largest absolute Gasteiger partial charge is 0.462 e. The number of thiazole rings is 1. The molecule has 0 unspecified atom stereocenters. The van der Waals surface area contributed by atoms with E-state index in [-0.39, 0.29) is 17.7 Å². The number of ether oxygens (including phenoxy) is 1. The van der Waals surface area contributed by atoms with Crippen molar-refractivity contribution in [2.45, 2.75) is 24.7 Å². The number of carbonyl (C=O) groups is 1. The molecular weight excluding hydrogens is 431 g/mol. The molecule has 1 saturated heterocycles. The van der Waals surface area contributed by atoms with Crippen LogP contribution in [0.15, 0.2) is 46.4 Å². The van der Waals surface area contributed by atoms with Gasteiger partial charge in [-0.1, -0.05) is 29.3 Å². The molecule has 29 heavy (non-hydrogen) atoms. The highest BCUT2D eigenvalue weighted by atomic mass is 35.5. The molecular formula is C21H20Cl2N2O3S. The Balaban J connectivity index is 1.44. The second-order valence-electron chi connectivity index (χ2n) is 7.09. The van der Waals surface area contributed by atoms with E-state index in [9.17, 15) is 4.79 Å². The van der Waals surface area contributed by atoms with Crippen molar-refractivity contribution < 1.29 is 13.9 Å². The summed E-state index contributed by atoms with van der Waals surface area (Å²) in [6.45, 7) is 1.76. The number of halogens is 2. The summed E-state index contributed by atoms with van der Waals surface area (Å²) in [6, 6.07) is 9.22. The quantitative estimate of drug-likeness (QED) is 0.565. The third kappa shape index (κ3) is 4.67. The Morgan fingerprint density at radius 1 is 1.24 bits per heavy atom. The van der Waals surface area contributed by atoms with Crippen molar-refractivity contribution in [2.24, 2.45) is 0 Å². The summed E-state index contributed by atoms with van der Waals surface area (Å²) in [6.07, 6.45) is 3.40. The molecule has 3 heterocycles. The van der Waals surface area contributed by atoms with Crippen molar-refractivity contribution in [3.05, 3.63) is 63.3 Å². The summed E-state index contributed by atoms with van der Waals surface area (Å²) in [5, 5.41) is 6.96. The molecule has 4 rings (SSSR count). The number of benzene rings is 1. The fourth-order valence-electron chi connectivity index (χ4n) is 3.62. The lowest BCUT2D eigenvalue weighted by atomic mass is 9.74. The van der Waals surface area contributed by atoms with Crippen LogP contribution >= 0.6 is 34.5 Å². The monoisotopic (exact) mass is 450 g/mol. The molecule has 1 aromatic carbocycles. The SMILES string of the molecule is O=C(Cc1csc(-c2ccco2)n1)NCC1(c2ccc(Cl)cc2Cl)CCOCC1. The molecule has 1 fully saturated rings. The third-order valence-electron chi connectivity index (χ3n) is 5.20. The van der Waals surface area contributed by atoms with E-state index in [2.05, 4.69) is 10.3 Å². The van der Waals surface area contributed by atoms with Crippen LogP contribution in [0.25, 0.3) is 10.8 Å². The molecule has 2 aromatic heterocycles. The van der Waals surface area contributed by atoms with Crippen LogP contribution < -0.4 is 5.32 Å². The molecule has 5 nitrogen and oxygen atoms in total. The van der Waals surface area contributed by atoms with Crippen molar-refractivity contribution in [3.63, 3.8) is 0 Å². The average molecular weight is 451 g/mol. The van der Waals surface area contributed by atoms with Gasteiger partial charge in [0, 0.05) is 40.6 Å². The Bertz CT molecular complexity index is 982. The van der Waals surface area contributed by atoms with E-state index >= 15 is 0 Å². The molecule has 1 N–H and O–H groups in total. The summed E-state index contributed by atoms with van der Waals surface area (Å²) >= 11 is 14.0. The lowest BCUT2D eigenvalue weighted by Crippen LogP contribution is -2.45. The lowest BCUT2D eigenvalue weighted by molar-refractivity contribution is -0.121. The summed E-state index contributed by atoms with van der Waals surface area (Å²) < 4.78 is 10.9. The zero-order valence-corrected chi connectivity index (χ0v) is 17.9. The highest BCUT2D eigenvalue weighted by Crippen LogP contribution is 2.39.